The van der Waals surface area contributed by atoms with Crippen LogP contribution < -0.4 is 11.5 Å². The minimum atomic E-state index is 0.535. The van der Waals surface area contributed by atoms with Gasteiger partial charge in [-0.3, -0.25) is 4.99 Å². The molecule has 62 valence electrons. The number of hydrogen-bond donors (Lipinski definition) is 2. The van der Waals surface area contributed by atoms with Gasteiger partial charge in [-0.15, -0.1) is 0 Å². The molecule has 0 aliphatic carbocycles. The van der Waals surface area contributed by atoms with Crippen LogP contribution >= 0.6 is 0 Å². The standard InChI is InChI=1S/C8H15N3/c1-5(2)11-7(4)8(10)6(3)9/h1,9-10H2,2-4H3/b8-6+,11-7?. The molecule has 0 saturated carbocycles. The summed E-state index contributed by atoms with van der Waals surface area (Å²) in [6, 6.07) is 0. The lowest BCUT2D eigenvalue weighted by Gasteiger charge is -2.02. The first kappa shape index (κ1) is 9.75. The Bertz CT molecular complexity index is 219. The van der Waals surface area contributed by atoms with Gasteiger partial charge in [0.1, 0.15) is 0 Å². The number of aliphatic imine (C=N–C) groups is 1. The Morgan fingerprint density at radius 1 is 1.18 bits per heavy atom. The fraction of sp³-hybridized carbons (Fsp3) is 0.375. The predicted octanol–water partition coefficient (Wildman–Crippen LogP) is 1.13. The van der Waals surface area contributed by atoms with Crippen LogP contribution in [-0.2, 0) is 0 Å². The van der Waals surface area contributed by atoms with Crippen molar-refractivity contribution in [3.05, 3.63) is 23.7 Å². The zero-order valence-corrected chi connectivity index (χ0v) is 7.31. The molecular formula is C8H15N3. The molecule has 0 rings (SSSR count). The van der Waals surface area contributed by atoms with Crippen LogP contribution in [0.25, 0.3) is 0 Å². The van der Waals surface area contributed by atoms with E-state index in [1.165, 1.54) is 0 Å². The van der Waals surface area contributed by atoms with Gasteiger partial charge in [-0.1, -0.05) is 6.58 Å². The quantitative estimate of drug-likeness (QED) is 0.584. The average Bonchev–Trinajstić information content (AvgIpc) is 1.84. The minimum Gasteiger partial charge on any atom is -0.401 e. The van der Waals surface area contributed by atoms with Crippen molar-refractivity contribution < 1.29 is 0 Å². The summed E-state index contributed by atoms with van der Waals surface area (Å²) in [5, 5.41) is 0. The first-order valence-corrected chi connectivity index (χ1v) is 3.38. The summed E-state index contributed by atoms with van der Waals surface area (Å²) in [5.41, 5.74) is 13.6. The monoisotopic (exact) mass is 153 g/mol. The first-order valence-electron chi connectivity index (χ1n) is 3.38. The molecule has 0 fully saturated rings. The largest absolute Gasteiger partial charge is 0.401 e. The van der Waals surface area contributed by atoms with Crippen molar-refractivity contribution in [2.75, 3.05) is 0 Å². The van der Waals surface area contributed by atoms with Crippen LogP contribution in [0, 0.1) is 0 Å². The zero-order chi connectivity index (χ0) is 9.02. The summed E-state index contributed by atoms with van der Waals surface area (Å²) < 4.78 is 0. The predicted molar refractivity (Wildman–Crippen MR) is 49.0 cm³/mol. The highest BCUT2D eigenvalue weighted by molar-refractivity contribution is 5.98. The molecule has 0 aliphatic heterocycles. The Balaban J connectivity index is 4.63. The summed E-state index contributed by atoms with van der Waals surface area (Å²) in [4.78, 5) is 4.06. The van der Waals surface area contributed by atoms with Crippen molar-refractivity contribution in [2.45, 2.75) is 20.8 Å². The fourth-order valence-corrected chi connectivity index (χ4v) is 0.632. The van der Waals surface area contributed by atoms with Crippen LogP contribution in [0.1, 0.15) is 20.8 Å². The Morgan fingerprint density at radius 3 is 1.91 bits per heavy atom. The van der Waals surface area contributed by atoms with E-state index in [0.29, 0.717) is 11.4 Å². The van der Waals surface area contributed by atoms with Gasteiger partial charge in [-0.2, -0.15) is 0 Å². The third-order valence-corrected chi connectivity index (χ3v) is 1.17. The highest BCUT2D eigenvalue weighted by atomic mass is 14.8. The number of rotatable bonds is 2. The van der Waals surface area contributed by atoms with E-state index in [-0.39, 0.29) is 0 Å². The molecule has 0 amide bonds. The smallest absolute Gasteiger partial charge is 0.0717 e. The van der Waals surface area contributed by atoms with Crippen LogP contribution in [0.5, 0.6) is 0 Å². The third-order valence-electron chi connectivity index (χ3n) is 1.17. The topological polar surface area (TPSA) is 64.4 Å². The zero-order valence-electron chi connectivity index (χ0n) is 7.31. The maximum Gasteiger partial charge on any atom is 0.0717 e. The van der Waals surface area contributed by atoms with Gasteiger partial charge in [0.05, 0.1) is 11.4 Å². The summed E-state index contributed by atoms with van der Waals surface area (Å²) in [5.74, 6) is 0. The van der Waals surface area contributed by atoms with E-state index in [1.54, 1.807) is 13.8 Å². The second-order valence-electron chi connectivity index (χ2n) is 2.53. The summed E-state index contributed by atoms with van der Waals surface area (Å²) >= 11 is 0. The second-order valence-corrected chi connectivity index (χ2v) is 2.53. The van der Waals surface area contributed by atoms with Crippen molar-refractivity contribution in [3.8, 4) is 0 Å². The molecule has 3 nitrogen and oxygen atoms in total. The molecule has 0 unspecified atom stereocenters. The summed E-state index contributed by atoms with van der Waals surface area (Å²) in [7, 11) is 0. The molecule has 4 N–H and O–H groups in total. The molecule has 0 radical (unpaired) electrons. The van der Waals surface area contributed by atoms with Crippen molar-refractivity contribution >= 4 is 5.71 Å². The van der Waals surface area contributed by atoms with Crippen LogP contribution in [0.3, 0.4) is 0 Å². The molecule has 11 heavy (non-hydrogen) atoms. The highest BCUT2D eigenvalue weighted by Crippen LogP contribution is 1.98. The van der Waals surface area contributed by atoms with E-state index in [9.17, 15) is 0 Å². The van der Waals surface area contributed by atoms with Crippen LogP contribution in [-0.4, -0.2) is 5.71 Å². The summed E-state index contributed by atoms with van der Waals surface area (Å²) in [6.45, 7) is 8.99. The molecule has 0 heterocycles. The highest BCUT2D eigenvalue weighted by Gasteiger charge is 1.97. The van der Waals surface area contributed by atoms with Gasteiger partial charge in [0.25, 0.3) is 0 Å². The molecule has 0 aliphatic rings. The molecule has 0 bridgehead atoms. The van der Waals surface area contributed by atoms with Gasteiger partial charge < -0.3 is 11.5 Å². The van der Waals surface area contributed by atoms with Gasteiger partial charge in [-0.25, -0.2) is 0 Å². The SMILES string of the molecule is C=C(C)N=C(C)/C(N)=C(/C)N. The second kappa shape index (κ2) is 3.81. The van der Waals surface area contributed by atoms with E-state index in [4.69, 9.17) is 11.5 Å². The lowest BCUT2D eigenvalue weighted by molar-refractivity contribution is 1.21. The van der Waals surface area contributed by atoms with E-state index in [1.807, 2.05) is 6.92 Å². The molecule has 3 heteroatoms. The van der Waals surface area contributed by atoms with E-state index in [2.05, 4.69) is 11.6 Å². The van der Waals surface area contributed by atoms with Crippen LogP contribution in [0.15, 0.2) is 28.7 Å². The van der Waals surface area contributed by atoms with Crippen molar-refractivity contribution in [3.63, 3.8) is 0 Å². The molecular weight excluding hydrogens is 138 g/mol. The van der Waals surface area contributed by atoms with Gasteiger partial charge in [0.15, 0.2) is 0 Å². The Labute approximate surface area is 67.5 Å². The van der Waals surface area contributed by atoms with E-state index >= 15 is 0 Å². The average molecular weight is 153 g/mol. The van der Waals surface area contributed by atoms with Crippen LogP contribution in [0.2, 0.25) is 0 Å². The van der Waals surface area contributed by atoms with E-state index < -0.39 is 0 Å². The number of hydrogen-bond acceptors (Lipinski definition) is 3. The molecule has 0 atom stereocenters. The lowest BCUT2D eigenvalue weighted by atomic mass is 10.2. The molecule has 0 saturated heterocycles. The van der Waals surface area contributed by atoms with Gasteiger partial charge >= 0.3 is 0 Å². The summed E-state index contributed by atoms with van der Waals surface area (Å²) in [6.07, 6.45) is 0. The molecule has 0 spiro atoms. The Hall–Kier alpha value is -1.25. The van der Waals surface area contributed by atoms with Crippen molar-refractivity contribution in [1.82, 2.24) is 0 Å². The maximum atomic E-state index is 5.59. The van der Waals surface area contributed by atoms with Gasteiger partial charge in [0.2, 0.25) is 0 Å². The third kappa shape index (κ3) is 3.45. The van der Waals surface area contributed by atoms with Gasteiger partial charge in [-0.05, 0) is 20.8 Å². The number of allylic oxidation sites excluding steroid dienone is 3. The van der Waals surface area contributed by atoms with Crippen molar-refractivity contribution in [2.24, 2.45) is 16.5 Å². The normalized spacial score (nSPS) is 14.3. The first-order chi connectivity index (χ1) is 4.95. The Kier molecular flexibility index (Phi) is 3.37. The Morgan fingerprint density at radius 2 is 1.64 bits per heavy atom. The molecule has 0 aromatic heterocycles. The van der Waals surface area contributed by atoms with Gasteiger partial charge in [0, 0.05) is 11.4 Å². The van der Waals surface area contributed by atoms with Crippen LogP contribution in [0.4, 0.5) is 0 Å². The minimum absolute atomic E-state index is 0.535. The maximum absolute atomic E-state index is 5.59. The number of nitrogens with two attached hydrogens (primary N) is 2. The molecule has 0 aromatic carbocycles. The lowest BCUT2D eigenvalue weighted by Crippen LogP contribution is -2.14. The molecule has 0 aromatic rings. The van der Waals surface area contributed by atoms with Crippen molar-refractivity contribution in [1.29, 1.82) is 0 Å². The fourth-order valence-electron chi connectivity index (χ4n) is 0.632. The van der Waals surface area contributed by atoms with E-state index in [0.717, 1.165) is 11.4 Å². The number of nitrogens with zero attached hydrogens (tertiary/aromatic N) is 1.